The molecule has 206 valence electrons. The second kappa shape index (κ2) is 13.8. The number of hydrogen-bond acceptors (Lipinski definition) is 6. The Hall–Kier alpha value is -3.65. The number of nitrogen functional groups attached to an aromatic ring is 1. The molecule has 2 atom stereocenters. The molecule has 1 fully saturated rings. The number of halogens is 4. The molecule has 2 aromatic carbocycles. The maximum Gasteiger partial charge on any atom is 0.490 e. The molecule has 10 nitrogen and oxygen atoms in total. The van der Waals surface area contributed by atoms with Crippen molar-refractivity contribution >= 4 is 45.2 Å². The number of rotatable bonds is 8. The van der Waals surface area contributed by atoms with Crippen LogP contribution in [0.15, 0.2) is 46.9 Å². The number of benzene rings is 2. The van der Waals surface area contributed by atoms with Crippen LogP contribution in [0.4, 0.5) is 18.9 Å². The molecule has 38 heavy (non-hydrogen) atoms. The van der Waals surface area contributed by atoms with Gasteiger partial charge in [-0.2, -0.15) is 13.2 Å². The molecule has 1 heterocycles. The third-order valence-electron chi connectivity index (χ3n) is 5.06. The normalized spacial score (nSPS) is 15.4. The van der Waals surface area contributed by atoms with Crippen LogP contribution in [0.25, 0.3) is 0 Å². The lowest BCUT2D eigenvalue weighted by molar-refractivity contribution is -0.192. The number of ether oxygens (including phenoxy) is 2. The van der Waals surface area contributed by atoms with E-state index in [1.807, 2.05) is 25.1 Å². The van der Waals surface area contributed by atoms with Gasteiger partial charge in [0.1, 0.15) is 24.1 Å². The van der Waals surface area contributed by atoms with Crippen LogP contribution in [0, 0.1) is 5.41 Å². The SMILES string of the molecule is C[C@H](NC(=O)CC(=O)Nc1ccc(C(=N)N)cc1)c1ccc(OC2CCOC2)c(Br)c1.O=C(O)C(F)(F)F. The quantitative estimate of drug-likeness (QED) is 0.174. The molecule has 2 amide bonds. The fourth-order valence-electron chi connectivity index (χ4n) is 3.13. The van der Waals surface area contributed by atoms with Crippen molar-refractivity contribution < 1.29 is 42.1 Å². The number of carbonyl (C=O) groups excluding carboxylic acids is 2. The third-order valence-corrected chi connectivity index (χ3v) is 5.68. The van der Waals surface area contributed by atoms with Crippen molar-refractivity contribution in [1.82, 2.24) is 5.32 Å². The van der Waals surface area contributed by atoms with Crippen molar-refractivity contribution in [3.05, 3.63) is 58.1 Å². The predicted octanol–water partition coefficient (Wildman–Crippen LogP) is 3.74. The molecule has 1 saturated heterocycles. The number of anilines is 1. The lowest BCUT2D eigenvalue weighted by Crippen LogP contribution is -2.30. The molecule has 0 radical (unpaired) electrons. The number of nitrogens with two attached hydrogens (primary N) is 1. The first kappa shape index (κ1) is 30.6. The average molecular weight is 603 g/mol. The van der Waals surface area contributed by atoms with Crippen LogP contribution in [0.5, 0.6) is 5.75 Å². The smallest absolute Gasteiger partial charge is 0.487 e. The third kappa shape index (κ3) is 10.0. The van der Waals surface area contributed by atoms with E-state index in [1.54, 1.807) is 24.3 Å². The number of carboxylic acids is 1. The van der Waals surface area contributed by atoms with Crippen LogP contribution in [-0.2, 0) is 19.1 Å². The van der Waals surface area contributed by atoms with Gasteiger partial charge in [-0.1, -0.05) is 6.07 Å². The van der Waals surface area contributed by atoms with Gasteiger partial charge >= 0.3 is 12.1 Å². The van der Waals surface area contributed by atoms with Crippen molar-refractivity contribution in [3.63, 3.8) is 0 Å². The maximum absolute atomic E-state index is 12.3. The van der Waals surface area contributed by atoms with Gasteiger partial charge in [-0.05, 0) is 64.8 Å². The standard InChI is InChI=1S/C22H25BrN4O4.C2HF3O2/c1-13(15-4-7-19(18(23)10-15)31-17-8-9-30-12-17)26-20(28)11-21(29)27-16-5-2-14(3-6-16)22(24)25;3-2(4,5)1(6)7/h2-7,10,13,17H,8-9,11-12H2,1H3,(H3,24,25)(H,26,28)(H,27,29);(H,6,7)/t13-,17?;/m0./s1. The summed E-state index contributed by atoms with van der Waals surface area (Å²) in [7, 11) is 0. The number of hydrogen-bond donors (Lipinski definition) is 5. The van der Waals surface area contributed by atoms with Gasteiger partial charge in [0.15, 0.2) is 0 Å². The highest BCUT2D eigenvalue weighted by Crippen LogP contribution is 2.30. The minimum absolute atomic E-state index is 0.0509. The van der Waals surface area contributed by atoms with Crippen LogP contribution in [0.3, 0.4) is 0 Å². The zero-order valence-corrected chi connectivity index (χ0v) is 21.7. The molecule has 1 unspecified atom stereocenters. The van der Waals surface area contributed by atoms with Crippen molar-refractivity contribution in [2.45, 2.75) is 38.1 Å². The summed E-state index contributed by atoms with van der Waals surface area (Å²) in [6.45, 7) is 3.15. The first-order valence-corrected chi connectivity index (χ1v) is 11.9. The zero-order valence-electron chi connectivity index (χ0n) is 20.1. The molecule has 0 bridgehead atoms. The van der Waals surface area contributed by atoms with Gasteiger partial charge in [0.25, 0.3) is 0 Å². The van der Waals surface area contributed by atoms with Crippen LogP contribution in [0.2, 0.25) is 0 Å². The summed E-state index contributed by atoms with van der Waals surface area (Å²) in [4.78, 5) is 33.3. The molecule has 14 heteroatoms. The first-order chi connectivity index (χ1) is 17.8. The van der Waals surface area contributed by atoms with Gasteiger partial charge in [0.2, 0.25) is 11.8 Å². The van der Waals surface area contributed by atoms with Gasteiger partial charge in [-0.3, -0.25) is 15.0 Å². The molecule has 6 N–H and O–H groups in total. The number of carboxylic acid groups (broad SMARTS) is 1. The Kier molecular flexibility index (Phi) is 11.1. The Morgan fingerprint density at radius 1 is 1.21 bits per heavy atom. The molecule has 0 saturated carbocycles. The van der Waals surface area contributed by atoms with Crippen LogP contribution >= 0.6 is 15.9 Å². The summed E-state index contributed by atoms with van der Waals surface area (Å²) >= 11 is 3.52. The molecule has 1 aliphatic rings. The molecule has 0 aromatic heterocycles. The molecule has 2 aromatic rings. The lowest BCUT2D eigenvalue weighted by atomic mass is 10.1. The molecular weight excluding hydrogens is 577 g/mol. The average Bonchev–Trinajstić information content (AvgIpc) is 3.33. The maximum atomic E-state index is 12.3. The Labute approximate surface area is 224 Å². The van der Waals surface area contributed by atoms with E-state index >= 15 is 0 Å². The Morgan fingerprint density at radius 3 is 2.34 bits per heavy atom. The Bertz CT molecular complexity index is 1150. The summed E-state index contributed by atoms with van der Waals surface area (Å²) < 4.78 is 43.8. The van der Waals surface area contributed by atoms with Crippen molar-refractivity contribution in [1.29, 1.82) is 5.41 Å². The highest BCUT2D eigenvalue weighted by atomic mass is 79.9. The van der Waals surface area contributed by atoms with Crippen molar-refractivity contribution in [3.8, 4) is 5.75 Å². The van der Waals surface area contributed by atoms with Crippen LogP contribution in [0.1, 0.15) is 36.9 Å². The number of carbonyl (C=O) groups is 3. The van der Waals surface area contributed by atoms with E-state index in [-0.39, 0.29) is 30.3 Å². The van der Waals surface area contributed by atoms with Crippen LogP contribution in [-0.4, -0.2) is 54.2 Å². The van der Waals surface area contributed by atoms with E-state index in [9.17, 15) is 22.8 Å². The largest absolute Gasteiger partial charge is 0.490 e. The molecule has 0 spiro atoms. The highest BCUT2D eigenvalue weighted by Gasteiger charge is 2.38. The first-order valence-electron chi connectivity index (χ1n) is 11.1. The van der Waals surface area contributed by atoms with E-state index < -0.39 is 18.1 Å². The van der Waals surface area contributed by atoms with Gasteiger partial charge in [-0.15, -0.1) is 0 Å². The summed E-state index contributed by atoms with van der Waals surface area (Å²) in [5.41, 5.74) is 7.38. The fraction of sp³-hybridized carbons (Fsp3) is 0.333. The highest BCUT2D eigenvalue weighted by molar-refractivity contribution is 9.10. The minimum Gasteiger partial charge on any atom is -0.487 e. The van der Waals surface area contributed by atoms with Crippen LogP contribution < -0.4 is 21.1 Å². The summed E-state index contributed by atoms with van der Waals surface area (Å²) in [6, 6.07) is 11.9. The minimum atomic E-state index is -5.08. The van der Waals surface area contributed by atoms with Gasteiger partial charge in [0, 0.05) is 17.7 Å². The van der Waals surface area contributed by atoms with Crippen molar-refractivity contribution in [2.75, 3.05) is 18.5 Å². The second-order valence-electron chi connectivity index (χ2n) is 8.10. The lowest BCUT2D eigenvalue weighted by Gasteiger charge is -2.17. The molecule has 1 aliphatic heterocycles. The Balaban J connectivity index is 0.000000638. The molecule has 3 rings (SSSR count). The van der Waals surface area contributed by atoms with Crippen molar-refractivity contribution in [2.24, 2.45) is 5.73 Å². The van der Waals surface area contributed by atoms with E-state index in [2.05, 4.69) is 26.6 Å². The summed E-state index contributed by atoms with van der Waals surface area (Å²) in [5, 5.41) is 20.0. The molecular formula is C24H26BrF3N4O6. The fourth-order valence-corrected chi connectivity index (χ4v) is 3.62. The van der Waals surface area contributed by atoms with E-state index in [0.29, 0.717) is 24.5 Å². The second-order valence-corrected chi connectivity index (χ2v) is 8.96. The monoisotopic (exact) mass is 602 g/mol. The number of alkyl halides is 3. The number of aliphatic carboxylic acids is 1. The van der Waals surface area contributed by atoms with E-state index in [0.717, 1.165) is 22.2 Å². The van der Waals surface area contributed by atoms with Gasteiger partial charge in [-0.25, -0.2) is 4.79 Å². The summed E-state index contributed by atoms with van der Waals surface area (Å²) in [6.07, 6.45) is -4.47. The number of amides is 2. The Morgan fingerprint density at radius 2 is 1.84 bits per heavy atom. The van der Waals surface area contributed by atoms with E-state index in [1.165, 1.54) is 0 Å². The number of amidine groups is 1. The predicted molar refractivity (Wildman–Crippen MR) is 135 cm³/mol. The van der Waals surface area contributed by atoms with Gasteiger partial charge in [0.05, 0.1) is 23.7 Å². The van der Waals surface area contributed by atoms with Gasteiger partial charge < -0.3 is 30.9 Å². The topological polar surface area (TPSA) is 164 Å². The number of nitrogens with one attached hydrogen (secondary N) is 3. The molecule has 0 aliphatic carbocycles. The summed E-state index contributed by atoms with van der Waals surface area (Å²) in [5.74, 6) is -2.89. The van der Waals surface area contributed by atoms with E-state index in [4.69, 9.17) is 30.5 Å². The zero-order chi connectivity index (χ0) is 28.5.